The van der Waals surface area contributed by atoms with Gasteiger partial charge < -0.3 is 10.1 Å². The van der Waals surface area contributed by atoms with Crippen molar-refractivity contribution >= 4 is 11.9 Å². The van der Waals surface area contributed by atoms with Gasteiger partial charge in [-0.15, -0.1) is 0 Å². The van der Waals surface area contributed by atoms with Gasteiger partial charge in [-0.1, -0.05) is 12.1 Å². The first kappa shape index (κ1) is 7.79. The number of carbonyl (C=O) groups excluding carboxylic acids is 2. The highest BCUT2D eigenvalue weighted by Crippen LogP contribution is 2.19. The molecule has 13 heavy (non-hydrogen) atoms. The van der Waals surface area contributed by atoms with Crippen LogP contribution in [0.3, 0.4) is 0 Å². The summed E-state index contributed by atoms with van der Waals surface area (Å²) in [6, 6.07) is 6.64. The van der Waals surface area contributed by atoms with Crippen LogP contribution in [0.25, 0.3) is 0 Å². The van der Waals surface area contributed by atoms with Crippen LogP contribution in [-0.2, 0) is 4.79 Å². The van der Waals surface area contributed by atoms with Crippen LogP contribution in [0.4, 0.5) is 0 Å². The fourth-order valence-electron chi connectivity index (χ4n) is 1.15. The second-order valence-corrected chi connectivity index (χ2v) is 2.65. The molecule has 0 unspecified atom stereocenters. The SMILES string of the molecule is O=C1CNC(=O)c2ccccc2O1. The predicted octanol–water partition coefficient (Wildman–Crippen LogP) is 0.335. The third kappa shape index (κ3) is 1.38. The molecule has 2 rings (SSSR count). The zero-order chi connectivity index (χ0) is 9.26. The Kier molecular flexibility index (Phi) is 1.73. The van der Waals surface area contributed by atoms with Crippen LogP contribution in [0.2, 0.25) is 0 Å². The van der Waals surface area contributed by atoms with Gasteiger partial charge in [-0.05, 0) is 12.1 Å². The molecular weight excluding hydrogens is 170 g/mol. The monoisotopic (exact) mass is 177 g/mol. The van der Waals surface area contributed by atoms with Gasteiger partial charge in [0.2, 0.25) is 0 Å². The van der Waals surface area contributed by atoms with Crippen molar-refractivity contribution in [2.75, 3.05) is 6.54 Å². The minimum absolute atomic E-state index is 0.0759. The van der Waals surface area contributed by atoms with Gasteiger partial charge in [0.15, 0.2) is 0 Å². The van der Waals surface area contributed by atoms with Crippen molar-refractivity contribution in [2.45, 2.75) is 0 Å². The lowest BCUT2D eigenvalue weighted by molar-refractivity contribution is -0.133. The first-order valence-corrected chi connectivity index (χ1v) is 3.85. The van der Waals surface area contributed by atoms with E-state index >= 15 is 0 Å². The topological polar surface area (TPSA) is 55.4 Å². The van der Waals surface area contributed by atoms with E-state index in [4.69, 9.17) is 4.74 Å². The Morgan fingerprint density at radius 1 is 1.23 bits per heavy atom. The predicted molar refractivity (Wildman–Crippen MR) is 44.4 cm³/mol. The lowest BCUT2D eigenvalue weighted by Crippen LogP contribution is -2.27. The Morgan fingerprint density at radius 2 is 2.00 bits per heavy atom. The molecule has 1 amide bonds. The molecular formula is C9H7NO3. The van der Waals surface area contributed by atoms with E-state index in [2.05, 4.69) is 5.32 Å². The van der Waals surface area contributed by atoms with Crippen LogP contribution in [0, 0.1) is 0 Å². The summed E-state index contributed by atoms with van der Waals surface area (Å²) in [6.45, 7) is -0.0759. The molecule has 0 bridgehead atoms. The molecule has 1 aliphatic rings. The van der Waals surface area contributed by atoms with Gasteiger partial charge in [0.25, 0.3) is 5.91 Å². The second kappa shape index (κ2) is 2.90. The fourth-order valence-corrected chi connectivity index (χ4v) is 1.15. The molecule has 1 aliphatic heterocycles. The molecule has 0 radical (unpaired) electrons. The van der Waals surface area contributed by atoms with Gasteiger partial charge >= 0.3 is 5.97 Å². The maximum atomic E-state index is 11.3. The van der Waals surface area contributed by atoms with Crippen molar-refractivity contribution in [1.82, 2.24) is 5.32 Å². The van der Waals surface area contributed by atoms with Crippen LogP contribution in [-0.4, -0.2) is 18.4 Å². The molecule has 0 aromatic heterocycles. The van der Waals surface area contributed by atoms with Crippen molar-refractivity contribution in [3.8, 4) is 5.75 Å². The number of fused-ring (bicyclic) bond motifs is 1. The summed E-state index contributed by atoms with van der Waals surface area (Å²) in [4.78, 5) is 22.3. The summed E-state index contributed by atoms with van der Waals surface area (Å²) in [5.41, 5.74) is 0.397. The average molecular weight is 177 g/mol. The van der Waals surface area contributed by atoms with Crippen molar-refractivity contribution in [3.05, 3.63) is 29.8 Å². The van der Waals surface area contributed by atoms with Gasteiger partial charge in [0.1, 0.15) is 12.3 Å². The van der Waals surface area contributed by atoms with Crippen LogP contribution in [0.1, 0.15) is 10.4 Å². The molecule has 1 N–H and O–H groups in total. The normalized spacial score (nSPS) is 15.4. The number of carbonyl (C=O) groups is 2. The van der Waals surface area contributed by atoms with E-state index in [-0.39, 0.29) is 12.5 Å². The summed E-state index contributed by atoms with van der Waals surface area (Å²) in [5.74, 6) is -0.401. The Morgan fingerprint density at radius 3 is 2.85 bits per heavy atom. The summed E-state index contributed by atoms with van der Waals surface area (Å²) >= 11 is 0. The standard InChI is InChI=1S/C9H7NO3/c11-8-5-10-9(12)6-3-1-2-4-7(6)13-8/h1-4H,5H2,(H,10,12). The number of benzene rings is 1. The highest BCUT2D eigenvalue weighted by molar-refractivity contribution is 6.00. The van der Waals surface area contributed by atoms with E-state index < -0.39 is 5.97 Å². The van der Waals surface area contributed by atoms with E-state index in [9.17, 15) is 9.59 Å². The van der Waals surface area contributed by atoms with E-state index in [0.29, 0.717) is 11.3 Å². The van der Waals surface area contributed by atoms with E-state index in [1.807, 2.05) is 0 Å². The van der Waals surface area contributed by atoms with E-state index in [1.54, 1.807) is 24.3 Å². The molecule has 4 heteroatoms. The number of nitrogens with one attached hydrogen (secondary N) is 1. The zero-order valence-electron chi connectivity index (χ0n) is 6.74. The molecule has 0 spiro atoms. The van der Waals surface area contributed by atoms with Crippen LogP contribution < -0.4 is 10.1 Å². The van der Waals surface area contributed by atoms with Crippen molar-refractivity contribution in [3.63, 3.8) is 0 Å². The maximum Gasteiger partial charge on any atom is 0.330 e. The first-order chi connectivity index (χ1) is 6.27. The second-order valence-electron chi connectivity index (χ2n) is 2.65. The van der Waals surface area contributed by atoms with Gasteiger partial charge in [-0.25, -0.2) is 4.79 Å². The Balaban J connectivity index is 2.49. The van der Waals surface area contributed by atoms with E-state index in [1.165, 1.54) is 0 Å². The fraction of sp³-hybridized carbons (Fsp3) is 0.111. The number of ether oxygens (including phenoxy) is 1. The first-order valence-electron chi connectivity index (χ1n) is 3.85. The molecule has 4 nitrogen and oxygen atoms in total. The minimum Gasteiger partial charge on any atom is -0.424 e. The van der Waals surface area contributed by atoms with Gasteiger partial charge in [0.05, 0.1) is 5.56 Å². The number of amides is 1. The number of para-hydroxylation sites is 1. The molecule has 1 aromatic rings. The van der Waals surface area contributed by atoms with Gasteiger partial charge in [0, 0.05) is 0 Å². The smallest absolute Gasteiger partial charge is 0.330 e. The molecule has 0 saturated heterocycles. The zero-order valence-corrected chi connectivity index (χ0v) is 6.74. The maximum absolute atomic E-state index is 11.3. The largest absolute Gasteiger partial charge is 0.424 e. The lowest BCUT2D eigenvalue weighted by Gasteiger charge is -2.01. The van der Waals surface area contributed by atoms with Crippen molar-refractivity contribution < 1.29 is 14.3 Å². The molecule has 0 saturated carbocycles. The Bertz CT molecular complexity index is 373. The molecule has 1 heterocycles. The van der Waals surface area contributed by atoms with Crippen molar-refractivity contribution in [2.24, 2.45) is 0 Å². The summed E-state index contributed by atoms with van der Waals surface area (Å²) < 4.78 is 4.90. The van der Waals surface area contributed by atoms with Crippen LogP contribution >= 0.6 is 0 Å². The number of hydrogen-bond donors (Lipinski definition) is 1. The average Bonchev–Trinajstić information content (AvgIpc) is 2.27. The molecule has 0 atom stereocenters. The van der Waals surface area contributed by atoms with Crippen LogP contribution in [0.15, 0.2) is 24.3 Å². The number of hydrogen-bond acceptors (Lipinski definition) is 3. The number of rotatable bonds is 0. The van der Waals surface area contributed by atoms with E-state index in [0.717, 1.165) is 0 Å². The van der Waals surface area contributed by atoms with Gasteiger partial charge in [-0.3, -0.25) is 4.79 Å². The third-order valence-corrected chi connectivity index (χ3v) is 1.75. The quantitative estimate of drug-likeness (QED) is 0.459. The Hall–Kier alpha value is -1.84. The third-order valence-electron chi connectivity index (χ3n) is 1.75. The van der Waals surface area contributed by atoms with Crippen LogP contribution in [0.5, 0.6) is 5.75 Å². The summed E-state index contributed by atoms with van der Waals surface area (Å²) in [7, 11) is 0. The highest BCUT2D eigenvalue weighted by atomic mass is 16.5. The lowest BCUT2D eigenvalue weighted by atomic mass is 10.2. The van der Waals surface area contributed by atoms with Crippen molar-refractivity contribution in [1.29, 1.82) is 0 Å². The summed E-state index contributed by atoms with van der Waals surface area (Å²) in [6.07, 6.45) is 0. The minimum atomic E-state index is -0.446. The summed E-state index contributed by atoms with van der Waals surface area (Å²) in [5, 5.41) is 2.44. The molecule has 66 valence electrons. The molecule has 0 fully saturated rings. The molecule has 1 aromatic carbocycles. The highest BCUT2D eigenvalue weighted by Gasteiger charge is 2.19. The molecule has 0 aliphatic carbocycles. The van der Waals surface area contributed by atoms with Gasteiger partial charge in [-0.2, -0.15) is 0 Å². The number of esters is 1. The Labute approximate surface area is 74.5 Å².